The third kappa shape index (κ3) is 6.65. The van der Waals surface area contributed by atoms with Crippen molar-refractivity contribution in [3.8, 4) is 0 Å². The molecule has 7 nitrogen and oxygen atoms in total. The number of hydrogen-bond donors (Lipinski definition) is 3. The molecule has 0 aromatic heterocycles. The third-order valence-corrected chi connectivity index (χ3v) is 5.39. The molecule has 0 heterocycles. The van der Waals surface area contributed by atoms with Crippen LogP contribution >= 0.6 is 0 Å². The number of hydrogen-bond acceptors (Lipinski definition) is 4. The zero-order chi connectivity index (χ0) is 21.7. The molecule has 0 spiro atoms. The molecule has 0 saturated carbocycles. The van der Waals surface area contributed by atoms with E-state index in [1.165, 1.54) is 0 Å². The average molecular weight is 421 g/mol. The van der Waals surface area contributed by atoms with Crippen LogP contribution < -0.4 is 15.4 Å². The SMILES string of the molecule is CC(C)(C)C(=O)Nc1ccc(C(=O)NCCNS(=O)(=O)c2ccc(F)cc2)cc1. The maximum absolute atomic E-state index is 12.9. The Hall–Kier alpha value is -2.78. The van der Waals surface area contributed by atoms with Crippen molar-refractivity contribution in [2.45, 2.75) is 25.7 Å². The summed E-state index contributed by atoms with van der Waals surface area (Å²) in [5.41, 5.74) is 0.422. The highest BCUT2D eigenvalue weighted by molar-refractivity contribution is 7.89. The summed E-state index contributed by atoms with van der Waals surface area (Å²) in [4.78, 5) is 24.1. The van der Waals surface area contributed by atoms with Crippen LogP contribution in [0.4, 0.5) is 10.1 Å². The minimum absolute atomic E-state index is 0.0226. The van der Waals surface area contributed by atoms with E-state index < -0.39 is 21.3 Å². The fraction of sp³-hybridized carbons (Fsp3) is 0.300. The number of amides is 2. The average Bonchev–Trinajstić information content (AvgIpc) is 2.65. The summed E-state index contributed by atoms with van der Waals surface area (Å²) in [5, 5.41) is 5.37. The molecule has 2 aromatic rings. The standard InChI is InChI=1S/C20H24FN3O4S/c1-20(2,3)19(26)24-16-8-4-14(5-9-16)18(25)22-12-13-23-29(27,28)17-10-6-15(21)7-11-17/h4-11,23H,12-13H2,1-3H3,(H,22,25)(H,24,26). The predicted octanol–water partition coefficient (Wildman–Crippen LogP) is 2.52. The van der Waals surface area contributed by atoms with Crippen molar-refractivity contribution >= 4 is 27.5 Å². The van der Waals surface area contributed by atoms with Gasteiger partial charge in [-0.1, -0.05) is 20.8 Å². The summed E-state index contributed by atoms with van der Waals surface area (Å²) in [5.74, 6) is -1.04. The van der Waals surface area contributed by atoms with Crippen molar-refractivity contribution in [3.63, 3.8) is 0 Å². The molecular formula is C20H24FN3O4S. The van der Waals surface area contributed by atoms with Crippen LogP contribution in [0.15, 0.2) is 53.4 Å². The van der Waals surface area contributed by atoms with Gasteiger partial charge >= 0.3 is 0 Å². The first-order chi connectivity index (χ1) is 13.5. The van der Waals surface area contributed by atoms with E-state index in [0.717, 1.165) is 24.3 Å². The first-order valence-electron chi connectivity index (χ1n) is 8.94. The second kappa shape index (κ2) is 9.15. The summed E-state index contributed by atoms with van der Waals surface area (Å²) >= 11 is 0. The molecule has 0 aliphatic carbocycles. The Kier molecular flexibility index (Phi) is 7.10. The van der Waals surface area contributed by atoms with Gasteiger partial charge in [-0.05, 0) is 48.5 Å². The molecule has 2 aromatic carbocycles. The molecule has 29 heavy (non-hydrogen) atoms. The molecule has 0 aliphatic rings. The van der Waals surface area contributed by atoms with E-state index in [4.69, 9.17) is 0 Å². The molecule has 0 atom stereocenters. The van der Waals surface area contributed by atoms with Crippen molar-refractivity contribution in [3.05, 3.63) is 59.9 Å². The Morgan fingerprint density at radius 3 is 2.07 bits per heavy atom. The highest BCUT2D eigenvalue weighted by Gasteiger charge is 2.21. The van der Waals surface area contributed by atoms with Crippen LogP contribution in [0.2, 0.25) is 0 Å². The lowest BCUT2D eigenvalue weighted by molar-refractivity contribution is -0.123. The second-order valence-corrected chi connectivity index (χ2v) is 9.16. The largest absolute Gasteiger partial charge is 0.351 e. The topological polar surface area (TPSA) is 104 Å². The highest BCUT2D eigenvalue weighted by Crippen LogP contribution is 2.17. The number of carbonyl (C=O) groups excluding carboxylic acids is 2. The normalized spacial score (nSPS) is 11.7. The van der Waals surface area contributed by atoms with Crippen molar-refractivity contribution in [2.24, 2.45) is 5.41 Å². The number of benzene rings is 2. The van der Waals surface area contributed by atoms with Crippen molar-refractivity contribution in [2.75, 3.05) is 18.4 Å². The second-order valence-electron chi connectivity index (χ2n) is 7.39. The van der Waals surface area contributed by atoms with Crippen LogP contribution in [0, 0.1) is 11.2 Å². The van der Waals surface area contributed by atoms with Crippen LogP contribution in [0.25, 0.3) is 0 Å². The molecule has 156 valence electrons. The summed E-state index contributed by atoms with van der Waals surface area (Å²) in [6.45, 7) is 5.45. The maximum Gasteiger partial charge on any atom is 0.251 e. The summed E-state index contributed by atoms with van der Waals surface area (Å²) in [7, 11) is -3.78. The van der Waals surface area contributed by atoms with Crippen molar-refractivity contribution in [1.29, 1.82) is 0 Å². The molecule has 2 rings (SSSR count). The van der Waals surface area contributed by atoms with Gasteiger partial charge in [-0.25, -0.2) is 17.5 Å². The Labute approximate surface area is 169 Å². The Balaban J connectivity index is 1.83. The lowest BCUT2D eigenvalue weighted by atomic mass is 9.95. The van der Waals surface area contributed by atoms with Gasteiger partial charge in [0.15, 0.2) is 0 Å². The van der Waals surface area contributed by atoms with Gasteiger partial charge in [-0.3, -0.25) is 9.59 Å². The van der Waals surface area contributed by atoms with E-state index in [0.29, 0.717) is 11.3 Å². The van der Waals surface area contributed by atoms with Gasteiger partial charge in [-0.2, -0.15) is 0 Å². The minimum Gasteiger partial charge on any atom is -0.351 e. The smallest absolute Gasteiger partial charge is 0.251 e. The third-order valence-electron chi connectivity index (χ3n) is 3.91. The van der Waals surface area contributed by atoms with E-state index in [9.17, 15) is 22.4 Å². The summed E-state index contributed by atoms with van der Waals surface area (Å²) in [6, 6.07) is 10.8. The van der Waals surface area contributed by atoms with Gasteiger partial charge in [0.2, 0.25) is 15.9 Å². The Morgan fingerprint density at radius 2 is 1.52 bits per heavy atom. The van der Waals surface area contributed by atoms with Gasteiger partial charge in [0.25, 0.3) is 5.91 Å². The first kappa shape index (κ1) is 22.5. The van der Waals surface area contributed by atoms with Crippen LogP contribution in [0.3, 0.4) is 0 Å². The molecule has 2 amide bonds. The first-order valence-corrected chi connectivity index (χ1v) is 10.4. The van der Waals surface area contributed by atoms with Gasteiger partial charge in [0, 0.05) is 29.8 Å². The van der Waals surface area contributed by atoms with E-state index in [2.05, 4.69) is 15.4 Å². The number of carbonyl (C=O) groups is 2. The van der Waals surface area contributed by atoms with Gasteiger partial charge < -0.3 is 10.6 Å². The number of anilines is 1. The van der Waals surface area contributed by atoms with Crippen LogP contribution in [0.1, 0.15) is 31.1 Å². The Bertz CT molecular complexity index is 966. The molecule has 0 bridgehead atoms. The highest BCUT2D eigenvalue weighted by atomic mass is 32.2. The van der Waals surface area contributed by atoms with Gasteiger partial charge in [0.05, 0.1) is 4.90 Å². The molecule has 0 fully saturated rings. The molecule has 3 N–H and O–H groups in total. The van der Waals surface area contributed by atoms with E-state index in [-0.39, 0.29) is 29.8 Å². The number of nitrogens with one attached hydrogen (secondary N) is 3. The monoisotopic (exact) mass is 421 g/mol. The fourth-order valence-corrected chi connectivity index (χ4v) is 3.22. The maximum atomic E-state index is 12.9. The zero-order valence-electron chi connectivity index (χ0n) is 16.5. The van der Waals surface area contributed by atoms with E-state index in [1.54, 1.807) is 45.0 Å². The van der Waals surface area contributed by atoms with E-state index >= 15 is 0 Å². The van der Waals surface area contributed by atoms with Crippen LogP contribution in [0.5, 0.6) is 0 Å². The zero-order valence-corrected chi connectivity index (χ0v) is 17.3. The fourth-order valence-electron chi connectivity index (χ4n) is 2.18. The number of halogens is 1. The van der Waals surface area contributed by atoms with Crippen molar-refractivity contribution < 1.29 is 22.4 Å². The van der Waals surface area contributed by atoms with Gasteiger partial charge in [-0.15, -0.1) is 0 Å². The number of rotatable bonds is 7. The molecule has 0 radical (unpaired) electrons. The minimum atomic E-state index is -3.78. The molecule has 0 aliphatic heterocycles. The molecule has 0 unspecified atom stereocenters. The number of sulfonamides is 1. The quantitative estimate of drug-likeness (QED) is 0.598. The van der Waals surface area contributed by atoms with Crippen LogP contribution in [-0.2, 0) is 14.8 Å². The molecule has 0 saturated heterocycles. The van der Waals surface area contributed by atoms with E-state index in [1.807, 2.05) is 0 Å². The molecular weight excluding hydrogens is 397 g/mol. The van der Waals surface area contributed by atoms with Crippen LogP contribution in [-0.4, -0.2) is 33.3 Å². The summed E-state index contributed by atoms with van der Waals surface area (Å²) in [6.07, 6.45) is 0. The lowest BCUT2D eigenvalue weighted by Crippen LogP contribution is -2.34. The van der Waals surface area contributed by atoms with Gasteiger partial charge in [0.1, 0.15) is 5.82 Å². The lowest BCUT2D eigenvalue weighted by Gasteiger charge is -2.17. The summed E-state index contributed by atoms with van der Waals surface area (Å²) < 4.78 is 39.4. The Morgan fingerprint density at radius 1 is 0.931 bits per heavy atom. The molecule has 9 heteroatoms. The predicted molar refractivity (Wildman–Crippen MR) is 108 cm³/mol. The van der Waals surface area contributed by atoms with Crippen molar-refractivity contribution in [1.82, 2.24) is 10.0 Å².